The summed E-state index contributed by atoms with van der Waals surface area (Å²) in [5.41, 5.74) is 4.83. The largest absolute Gasteiger partial charge is 0.444 e. The quantitative estimate of drug-likeness (QED) is 0.127. The number of anilines is 1. The van der Waals surface area contributed by atoms with Crippen LogP contribution in [0.4, 0.5) is 41.2 Å². The van der Waals surface area contributed by atoms with Crippen molar-refractivity contribution in [3.63, 3.8) is 0 Å². The number of ether oxygens (including phenoxy) is 2. The Morgan fingerprint density at radius 3 is 2.21 bits per heavy atom. The zero-order valence-corrected chi connectivity index (χ0v) is 31.2. The second kappa shape index (κ2) is 18.0. The fourth-order valence-electron chi connectivity index (χ4n) is 5.62. The molecule has 3 rings (SSSR count). The molecular formula is C37H42F7N5O7. The van der Waals surface area contributed by atoms with Crippen LogP contribution in [0.2, 0.25) is 0 Å². The lowest BCUT2D eigenvalue weighted by Crippen LogP contribution is -2.52. The number of allylic oxidation sites excluding steroid dienone is 1. The van der Waals surface area contributed by atoms with E-state index in [1.807, 2.05) is 0 Å². The third-order valence-corrected chi connectivity index (χ3v) is 8.16. The number of alkyl carbamates (subject to hydrolysis) is 1. The lowest BCUT2D eigenvalue weighted by Gasteiger charge is -2.29. The summed E-state index contributed by atoms with van der Waals surface area (Å²) in [4.78, 5) is 71.7. The molecule has 1 heterocycles. The first-order valence-corrected chi connectivity index (χ1v) is 17.1. The van der Waals surface area contributed by atoms with Gasteiger partial charge in [0.1, 0.15) is 17.5 Å². The first-order valence-electron chi connectivity index (χ1n) is 17.1. The average molecular weight is 802 g/mol. The fraction of sp³-hybridized carbons (Fsp3) is 0.459. The van der Waals surface area contributed by atoms with E-state index in [0.29, 0.717) is 5.56 Å². The molecule has 19 heteroatoms. The second-order valence-corrected chi connectivity index (χ2v) is 14.2. The zero-order valence-electron chi connectivity index (χ0n) is 31.2. The molecule has 0 aliphatic carbocycles. The number of nitrogens with zero attached hydrogens (tertiary/aromatic N) is 2. The number of amides is 4. The molecule has 0 unspecified atom stereocenters. The van der Waals surface area contributed by atoms with Crippen LogP contribution in [0.3, 0.4) is 0 Å². The Labute approximate surface area is 317 Å². The van der Waals surface area contributed by atoms with Gasteiger partial charge in [-0.3, -0.25) is 19.3 Å². The van der Waals surface area contributed by atoms with Gasteiger partial charge in [-0.25, -0.2) is 19.0 Å². The number of carbonyl (C=O) groups is 5. The van der Waals surface area contributed by atoms with Gasteiger partial charge in [-0.15, -0.1) is 0 Å². The molecule has 1 aliphatic rings. The summed E-state index contributed by atoms with van der Waals surface area (Å²) in [6.45, 7) is 8.62. The van der Waals surface area contributed by atoms with Crippen LogP contribution >= 0.6 is 0 Å². The van der Waals surface area contributed by atoms with Crippen molar-refractivity contribution in [2.45, 2.75) is 84.5 Å². The van der Waals surface area contributed by atoms with Crippen LogP contribution in [0.5, 0.6) is 0 Å². The number of nitrogens with one attached hydrogen (secondary N) is 2. The molecule has 4 N–H and O–H groups in total. The number of alkyl halides is 6. The molecule has 1 aliphatic heterocycles. The highest BCUT2D eigenvalue weighted by atomic mass is 19.4. The van der Waals surface area contributed by atoms with Gasteiger partial charge < -0.3 is 25.8 Å². The van der Waals surface area contributed by atoms with E-state index in [9.17, 15) is 54.7 Å². The van der Waals surface area contributed by atoms with Crippen LogP contribution in [-0.4, -0.2) is 72.4 Å². The van der Waals surface area contributed by atoms with Gasteiger partial charge in [0.05, 0.1) is 23.2 Å². The van der Waals surface area contributed by atoms with Crippen LogP contribution in [-0.2, 0) is 28.7 Å². The molecule has 4 atom stereocenters. The number of esters is 1. The van der Waals surface area contributed by atoms with Crippen molar-refractivity contribution in [2.24, 2.45) is 28.5 Å². The number of rotatable bonds is 13. The molecule has 4 amide bonds. The molecule has 306 valence electrons. The van der Waals surface area contributed by atoms with Gasteiger partial charge in [0.15, 0.2) is 6.73 Å². The monoisotopic (exact) mass is 801 g/mol. The number of carbonyl (C=O) groups excluding carboxylic acids is 5. The minimum absolute atomic E-state index is 0.0416. The molecular weight excluding hydrogens is 759 g/mol. The van der Waals surface area contributed by atoms with E-state index in [1.165, 1.54) is 18.2 Å². The Morgan fingerprint density at radius 2 is 1.66 bits per heavy atom. The molecule has 0 fully saturated rings. The minimum Gasteiger partial charge on any atom is -0.444 e. The van der Waals surface area contributed by atoms with E-state index in [2.05, 4.69) is 15.6 Å². The number of nitrogens with two attached hydrogens (primary N) is 1. The number of hydrogen-bond donors (Lipinski definition) is 3. The van der Waals surface area contributed by atoms with E-state index < -0.39 is 109 Å². The second-order valence-electron chi connectivity index (χ2n) is 14.2. The normalized spacial score (nSPS) is 16.7. The Bertz CT molecular complexity index is 1860. The standard InChI is InChI=1S/C37H42F7N5O7/c1-19(2)26(47-34(54)56-35(4,5)6)33(53)55-18-49-28-20(3)9-7-12-25(28)27(21-10-8-11-22(38)17-21)46-30(32(49)52)48-31(51)24(14-16-37(42,43)44)23(29(45)50)13-15-36(39,40)41/h7-12,14,16-17,19,23-24,26,30H,13,15,18H2,1-6H3,(H2,45,50)(H,47,54)(H,48,51)/b16-14+/t23-,24+,26-,30+/m0/s1. The molecule has 0 spiro atoms. The van der Waals surface area contributed by atoms with Crippen LogP contribution in [0, 0.1) is 30.5 Å². The van der Waals surface area contributed by atoms with Crippen LogP contribution in [0.15, 0.2) is 59.6 Å². The van der Waals surface area contributed by atoms with Crippen LogP contribution in [0.1, 0.15) is 64.2 Å². The van der Waals surface area contributed by atoms with Gasteiger partial charge in [-0.05, 0) is 57.7 Å². The van der Waals surface area contributed by atoms with Crippen LogP contribution in [0.25, 0.3) is 0 Å². The van der Waals surface area contributed by atoms with Crippen molar-refractivity contribution in [1.82, 2.24) is 10.6 Å². The Balaban J connectivity index is 2.15. The number of para-hydroxylation sites is 1. The van der Waals surface area contributed by atoms with Crippen molar-refractivity contribution in [2.75, 3.05) is 11.6 Å². The molecule has 12 nitrogen and oxygen atoms in total. The molecule has 2 aromatic carbocycles. The van der Waals surface area contributed by atoms with E-state index >= 15 is 0 Å². The maximum absolute atomic E-state index is 14.6. The summed E-state index contributed by atoms with van der Waals surface area (Å²) in [6.07, 6.45) is -16.2. The summed E-state index contributed by atoms with van der Waals surface area (Å²) < 4.78 is 105. The average Bonchev–Trinajstić information content (AvgIpc) is 3.16. The highest BCUT2D eigenvalue weighted by Gasteiger charge is 2.41. The highest BCUT2D eigenvalue weighted by Crippen LogP contribution is 2.33. The predicted molar refractivity (Wildman–Crippen MR) is 188 cm³/mol. The predicted octanol–water partition coefficient (Wildman–Crippen LogP) is 5.99. The molecule has 0 bridgehead atoms. The maximum Gasteiger partial charge on any atom is 0.409 e. The Kier molecular flexibility index (Phi) is 14.4. The number of aliphatic imine (C=N–C) groups is 1. The van der Waals surface area contributed by atoms with Crippen molar-refractivity contribution in [3.05, 3.63) is 77.1 Å². The number of benzodiazepines with no additional fused rings is 1. The summed E-state index contributed by atoms with van der Waals surface area (Å²) in [6, 6.07) is 8.12. The highest BCUT2D eigenvalue weighted by molar-refractivity contribution is 6.20. The molecule has 56 heavy (non-hydrogen) atoms. The van der Waals surface area contributed by atoms with Gasteiger partial charge in [0.25, 0.3) is 5.91 Å². The number of halogens is 7. The summed E-state index contributed by atoms with van der Waals surface area (Å²) in [7, 11) is 0. The Morgan fingerprint density at radius 1 is 1.02 bits per heavy atom. The number of fused-ring (bicyclic) bond motifs is 1. The first kappa shape index (κ1) is 44.9. The van der Waals surface area contributed by atoms with Gasteiger partial charge >= 0.3 is 24.4 Å². The fourth-order valence-corrected chi connectivity index (χ4v) is 5.62. The minimum atomic E-state index is -5.09. The van der Waals surface area contributed by atoms with E-state index in [1.54, 1.807) is 53.7 Å². The summed E-state index contributed by atoms with van der Waals surface area (Å²) in [5, 5.41) is 4.53. The number of primary amides is 1. The third-order valence-electron chi connectivity index (χ3n) is 8.16. The summed E-state index contributed by atoms with van der Waals surface area (Å²) >= 11 is 0. The molecule has 2 aromatic rings. The SMILES string of the molecule is Cc1cccc2c1N(COC(=O)[C@@H](NC(=O)OC(C)(C)C)C(C)C)C(=O)[C@@H](NC(=O)[C@H](/C=C/C(F)(F)F)[C@H](CCC(F)(F)F)C(N)=O)N=C2c1cccc(F)c1. The van der Waals surface area contributed by atoms with E-state index in [0.717, 1.165) is 17.0 Å². The van der Waals surface area contributed by atoms with Crippen molar-refractivity contribution >= 4 is 41.2 Å². The van der Waals surface area contributed by atoms with Crippen molar-refractivity contribution < 1.29 is 64.2 Å². The Hall–Kier alpha value is -5.49. The smallest absolute Gasteiger partial charge is 0.409 e. The number of aryl methyl sites for hydroxylation is 1. The van der Waals surface area contributed by atoms with Crippen molar-refractivity contribution in [3.8, 4) is 0 Å². The van der Waals surface area contributed by atoms with Gasteiger partial charge in [0, 0.05) is 23.6 Å². The third kappa shape index (κ3) is 12.8. The molecule has 0 radical (unpaired) electrons. The maximum atomic E-state index is 14.6. The zero-order chi connectivity index (χ0) is 42.3. The van der Waals surface area contributed by atoms with E-state index in [-0.39, 0.29) is 28.6 Å². The number of benzene rings is 2. The van der Waals surface area contributed by atoms with Gasteiger partial charge in [0.2, 0.25) is 18.0 Å². The van der Waals surface area contributed by atoms with Crippen LogP contribution < -0.4 is 21.3 Å². The topological polar surface area (TPSA) is 169 Å². The number of hydrogen-bond acceptors (Lipinski definition) is 8. The van der Waals surface area contributed by atoms with Gasteiger partial charge in [-0.2, -0.15) is 26.3 Å². The summed E-state index contributed by atoms with van der Waals surface area (Å²) in [5.74, 6) is -11.0. The lowest BCUT2D eigenvalue weighted by atomic mass is 9.86. The molecule has 0 saturated carbocycles. The first-order chi connectivity index (χ1) is 25.8. The van der Waals surface area contributed by atoms with Crippen molar-refractivity contribution in [1.29, 1.82) is 0 Å². The lowest BCUT2D eigenvalue weighted by molar-refractivity contribution is -0.148. The van der Waals surface area contributed by atoms with Gasteiger partial charge in [-0.1, -0.05) is 50.3 Å². The van der Waals surface area contributed by atoms with E-state index in [4.69, 9.17) is 15.2 Å². The molecule has 0 aromatic heterocycles. The molecule has 0 saturated heterocycles.